The number of nitrogens with zero attached hydrogens (tertiary/aromatic N) is 5. The van der Waals surface area contributed by atoms with E-state index in [0.29, 0.717) is 5.69 Å². The van der Waals surface area contributed by atoms with Crippen molar-refractivity contribution in [2.24, 2.45) is 0 Å². The molecule has 0 atom stereocenters. The molecule has 2 fully saturated rings. The minimum Gasteiger partial charge on any atom is -0.379 e. The molecule has 3 rings (SSSR count). The Bertz CT molecular complexity index is 527. The zero-order chi connectivity index (χ0) is 16.1. The normalized spacial score (nSPS) is 19.1. The van der Waals surface area contributed by atoms with Crippen LogP contribution in [0.5, 0.6) is 0 Å². The molecule has 0 spiro atoms. The molecule has 7 heteroatoms. The molecular formula is C16H25N5O2. The maximum absolute atomic E-state index is 12.4. The van der Waals surface area contributed by atoms with Crippen molar-refractivity contribution in [1.82, 2.24) is 19.8 Å². The predicted molar refractivity (Wildman–Crippen MR) is 87.7 cm³/mol. The summed E-state index contributed by atoms with van der Waals surface area (Å²) in [6, 6.07) is 0. The number of hydrogen-bond donors (Lipinski definition) is 0. The molecule has 1 aromatic heterocycles. The lowest BCUT2D eigenvalue weighted by atomic mass is 10.3. The summed E-state index contributed by atoms with van der Waals surface area (Å²) in [4.78, 5) is 27.4. The Morgan fingerprint density at radius 2 is 1.96 bits per heavy atom. The molecule has 0 N–H and O–H groups in total. The number of ether oxygens (including phenoxy) is 1. The second kappa shape index (κ2) is 7.70. The molecule has 7 nitrogen and oxygen atoms in total. The van der Waals surface area contributed by atoms with E-state index in [1.165, 1.54) is 0 Å². The van der Waals surface area contributed by atoms with Gasteiger partial charge in [-0.25, -0.2) is 4.98 Å². The third kappa shape index (κ3) is 4.17. The van der Waals surface area contributed by atoms with Crippen molar-refractivity contribution in [3.8, 4) is 0 Å². The zero-order valence-corrected chi connectivity index (χ0v) is 13.8. The Morgan fingerprint density at radius 1 is 1.22 bits per heavy atom. The maximum atomic E-state index is 12.4. The minimum absolute atomic E-state index is 0.00145. The molecular weight excluding hydrogens is 294 g/mol. The van der Waals surface area contributed by atoms with Crippen molar-refractivity contribution < 1.29 is 9.53 Å². The van der Waals surface area contributed by atoms with Gasteiger partial charge in [-0.05, 0) is 12.8 Å². The van der Waals surface area contributed by atoms with E-state index in [4.69, 9.17) is 4.74 Å². The highest BCUT2D eigenvalue weighted by Gasteiger charge is 2.21. The third-order valence-electron chi connectivity index (χ3n) is 4.48. The molecule has 2 aliphatic rings. The molecule has 3 heterocycles. The summed E-state index contributed by atoms with van der Waals surface area (Å²) in [6.45, 7) is 7.06. The Hall–Kier alpha value is -1.73. The minimum atomic E-state index is -0.00145. The fraction of sp³-hybridized carbons (Fsp3) is 0.688. The average Bonchev–Trinajstić information content (AvgIpc) is 3.14. The van der Waals surface area contributed by atoms with E-state index in [1.807, 2.05) is 11.9 Å². The van der Waals surface area contributed by atoms with Crippen molar-refractivity contribution in [2.45, 2.75) is 12.8 Å². The van der Waals surface area contributed by atoms with Crippen LogP contribution in [0.2, 0.25) is 0 Å². The fourth-order valence-electron chi connectivity index (χ4n) is 2.96. The van der Waals surface area contributed by atoms with Gasteiger partial charge in [-0.3, -0.25) is 14.7 Å². The number of carbonyl (C=O) groups excluding carboxylic acids is 1. The van der Waals surface area contributed by atoms with Gasteiger partial charge in [0.1, 0.15) is 11.5 Å². The molecule has 2 saturated heterocycles. The summed E-state index contributed by atoms with van der Waals surface area (Å²) >= 11 is 0. The van der Waals surface area contributed by atoms with Gasteiger partial charge in [0.2, 0.25) is 0 Å². The second-order valence-corrected chi connectivity index (χ2v) is 6.14. The Labute approximate surface area is 137 Å². The van der Waals surface area contributed by atoms with Crippen molar-refractivity contribution in [2.75, 3.05) is 64.4 Å². The van der Waals surface area contributed by atoms with E-state index in [0.717, 1.165) is 71.1 Å². The monoisotopic (exact) mass is 319 g/mol. The van der Waals surface area contributed by atoms with E-state index >= 15 is 0 Å². The van der Waals surface area contributed by atoms with Gasteiger partial charge in [-0.1, -0.05) is 0 Å². The lowest BCUT2D eigenvalue weighted by Gasteiger charge is -2.28. The molecule has 0 unspecified atom stereocenters. The molecule has 0 radical (unpaired) electrons. The van der Waals surface area contributed by atoms with Gasteiger partial charge >= 0.3 is 0 Å². The smallest absolute Gasteiger partial charge is 0.274 e. The Balaban J connectivity index is 1.58. The van der Waals surface area contributed by atoms with E-state index in [-0.39, 0.29) is 5.91 Å². The number of rotatable bonds is 5. The topological polar surface area (TPSA) is 61.8 Å². The maximum Gasteiger partial charge on any atom is 0.274 e. The van der Waals surface area contributed by atoms with Crippen LogP contribution in [0.15, 0.2) is 12.4 Å². The predicted octanol–water partition coefficient (Wildman–Crippen LogP) is 0.481. The highest BCUT2D eigenvalue weighted by atomic mass is 16.5. The van der Waals surface area contributed by atoms with Crippen LogP contribution in [-0.4, -0.2) is 85.2 Å². The second-order valence-electron chi connectivity index (χ2n) is 6.14. The molecule has 0 bridgehead atoms. The molecule has 2 aliphatic heterocycles. The number of aromatic nitrogens is 2. The van der Waals surface area contributed by atoms with Crippen LogP contribution in [0.1, 0.15) is 23.3 Å². The van der Waals surface area contributed by atoms with E-state index in [1.54, 1.807) is 12.4 Å². The summed E-state index contributed by atoms with van der Waals surface area (Å²) in [6.07, 6.45) is 5.46. The fourth-order valence-corrected chi connectivity index (χ4v) is 2.96. The van der Waals surface area contributed by atoms with Crippen LogP contribution in [0.4, 0.5) is 5.82 Å². The first-order valence-corrected chi connectivity index (χ1v) is 8.36. The van der Waals surface area contributed by atoms with Crippen LogP contribution in [0.25, 0.3) is 0 Å². The van der Waals surface area contributed by atoms with Crippen LogP contribution in [0.3, 0.4) is 0 Å². The van der Waals surface area contributed by atoms with E-state index in [9.17, 15) is 4.79 Å². The summed E-state index contributed by atoms with van der Waals surface area (Å²) in [5.74, 6) is 0.752. The SMILES string of the molecule is CN(CCN1CCOCC1)c1cncc(C(=O)N2CCCC2)n1. The average molecular weight is 319 g/mol. The summed E-state index contributed by atoms with van der Waals surface area (Å²) in [5.41, 5.74) is 0.447. The summed E-state index contributed by atoms with van der Waals surface area (Å²) in [5, 5.41) is 0. The van der Waals surface area contributed by atoms with Gasteiger partial charge in [0.25, 0.3) is 5.91 Å². The quantitative estimate of drug-likeness (QED) is 0.787. The number of hydrogen-bond acceptors (Lipinski definition) is 6. The van der Waals surface area contributed by atoms with Crippen LogP contribution < -0.4 is 4.90 Å². The van der Waals surface area contributed by atoms with Gasteiger partial charge in [0.05, 0.1) is 25.6 Å². The van der Waals surface area contributed by atoms with E-state index in [2.05, 4.69) is 19.8 Å². The standard InChI is InChI=1S/C16H25N5O2/c1-19(6-7-20-8-10-23-11-9-20)15-13-17-12-14(18-15)16(22)21-4-2-3-5-21/h12-13H,2-11H2,1H3. The number of carbonyl (C=O) groups is 1. The molecule has 23 heavy (non-hydrogen) atoms. The third-order valence-corrected chi connectivity index (χ3v) is 4.48. The first-order valence-electron chi connectivity index (χ1n) is 8.36. The summed E-state index contributed by atoms with van der Waals surface area (Å²) < 4.78 is 5.36. The number of likely N-dealkylation sites (tertiary alicyclic amines) is 1. The van der Waals surface area contributed by atoms with Gasteiger partial charge in [0, 0.05) is 46.3 Å². The number of morpholine rings is 1. The Kier molecular flexibility index (Phi) is 5.40. The molecule has 0 saturated carbocycles. The number of amides is 1. The van der Waals surface area contributed by atoms with Crippen LogP contribution in [0, 0.1) is 0 Å². The largest absolute Gasteiger partial charge is 0.379 e. The highest BCUT2D eigenvalue weighted by Crippen LogP contribution is 2.13. The van der Waals surface area contributed by atoms with Gasteiger partial charge < -0.3 is 14.5 Å². The number of anilines is 1. The number of likely N-dealkylation sites (N-methyl/N-ethyl adjacent to an activating group) is 1. The molecule has 126 valence electrons. The van der Waals surface area contributed by atoms with Crippen molar-refractivity contribution >= 4 is 11.7 Å². The lowest BCUT2D eigenvalue weighted by molar-refractivity contribution is 0.0392. The highest BCUT2D eigenvalue weighted by molar-refractivity contribution is 5.92. The molecule has 1 amide bonds. The Morgan fingerprint density at radius 3 is 2.70 bits per heavy atom. The molecule has 1 aromatic rings. The van der Waals surface area contributed by atoms with Crippen molar-refractivity contribution in [3.63, 3.8) is 0 Å². The van der Waals surface area contributed by atoms with Crippen LogP contribution >= 0.6 is 0 Å². The zero-order valence-electron chi connectivity index (χ0n) is 13.8. The summed E-state index contributed by atoms with van der Waals surface area (Å²) in [7, 11) is 1.99. The van der Waals surface area contributed by atoms with Crippen LogP contribution in [-0.2, 0) is 4.74 Å². The van der Waals surface area contributed by atoms with Crippen molar-refractivity contribution in [1.29, 1.82) is 0 Å². The molecule has 0 aromatic carbocycles. The van der Waals surface area contributed by atoms with Crippen molar-refractivity contribution in [3.05, 3.63) is 18.1 Å². The first-order chi connectivity index (χ1) is 11.2. The van der Waals surface area contributed by atoms with E-state index < -0.39 is 0 Å². The van der Waals surface area contributed by atoms with Gasteiger partial charge in [0.15, 0.2) is 0 Å². The first kappa shape index (κ1) is 16.1. The van der Waals surface area contributed by atoms with Gasteiger partial charge in [-0.15, -0.1) is 0 Å². The molecule has 0 aliphatic carbocycles. The lowest BCUT2D eigenvalue weighted by Crippen LogP contribution is -2.41. The van der Waals surface area contributed by atoms with Gasteiger partial charge in [-0.2, -0.15) is 0 Å².